The summed E-state index contributed by atoms with van der Waals surface area (Å²) in [5, 5.41) is 0. The normalized spacial score (nSPS) is 21.6. The van der Waals surface area contributed by atoms with Crippen LogP contribution >= 0.6 is 0 Å². The van der Waals surface area contributed by atoms with E-state index in [9.17, 15) is 0 Å². The largest absolute Gasteiger partial charge is 0.401 e. The van der Waals surface area contributed by atoms with Crippen LogP contribution in [-0.4, -0.2) is 45.7 Å². The molecule has 1 fully saturated rings. The molecule has 1 rings (SSSR count). The standard InChI is InChI=1S/C11H25NO2Si/c1-5-10-15(14-11(2,3)4)12-6-8-13-9-7-12/h15H,5-10H2,1-4H3. The van der Waals surface area contributed by atoms with Crippen LogP contribution in [0.4, 0.5) is 0 Å². The molecule has 0 amide bonds. The maximum Gasteiger partial charge on any atom is 0.255 e. The van der Waals surface area contributed by atoms with Gasteiger partial charge in [0.15, 0.2) is 0 Å². The van der Waals surface area contributed by atoms with Gasteiger partial charge in [0.1, 0.15) is 0 Å². The van der Waals surface area contributed by atoms with Gasteiger partial charge in [-0.2, -0.15) is 0 Å². The summed E-state index contributed by atoms with van der Waals surface area (Å²) in [6, 6.07) is 1.25. The molecule has 1 unspecified atom stereocenters. The number of ether oxygens (including phenoxy) is 1. The topological polar surface area (TPSA) is 21.7 Å². The van der Waals surface area contributed by atoms with Crippen molar-refractivity contribution in [1.82, 2.24) is 4.57 Å². The first-order valence-corrected chi connectivity index (χ1v) is 7.83. The zero-order valence-electron chi connectivity index (χ0n) is 10.6. The highest BCUT2D eigenvalue weighted by molar-refractivity contribution is 6.48. The molecule has 0 radical (unpaired) electrons. The SMILES string of the molecule is CCC[SiH](OC(C)(C)C)N1CCOCC1. The Labute approximate surface area is 95.6 Å². The van der Waals surface area contributed by atoms with Gasteiger partial charge in [-0.15, -0.1) is 0 Å². The lowest BCUT2D eigenvalue weighted by molar-refractivity contribution is 0.0449. The average molecular weight is 231 g/mol. The number of rotatable bonds is 4. The van der Waals surface area contributed by atoms with E-state index < -0.39 is 9.20 Å². The van der Waals surface area contributed by atoms with E-state index in [1.165, 1.54) is 12.5 Å². The summed E-state index contributed by atoms with van der Waals surface area (Å²) in [7, 11) is -1.19. The first-order valence-electron chi connectivity index (χ1n) is 6.02. The Balaban J connectivity index is 2.47. The maximum atomic E-state index is 6.23. The van der Waals surface area contributed by atoms with Crippen molar-refractivity contribution in [3.63, 3.8) is 0 Å². The van der Waals surface area contributed by atoms with Crippen molar-refractivity contribution in [2.45, 2.75) is 45.8 Å². The fraction of sp³-hybridized carbons (Fsp3) is 1.00. The van der Waals surface area contributed by atoms with Crippen molar-refractivity contribution in [3.05, 3.63) is 0 Å². The van der Waals surface area contributed by atoms with Gasteiger partial charge in [0, 0.05) is 18.7 Å². The molecule has 0 aromatic carbocycles. The van der Waals surface area contributed by atoms with Gasteiger partial charge in [-0.1, -0.05) is 13.3 Å². The van der Waals surface area contributed by atoms with Crippen LogP contribution in [0.2, 0.25) is 6.04 Å². The molecule has 0 bridgehead atoms. The predicted octanol–water partition coefficient (Wildman–Crippen LogP) is 1.76. The minimum Gasteiger partial charge on any atom is -0.401 e. The monoisotopic (exact) mass is 231 g/mol. The molecule has 0 saturated carbocycles. The van der Waals surface area contributed by atoms with Crippen molar-refractivity contribution in [2.24, 2.45) is 0 Å². The van der Waals surface area contributed by atoms with E-state index in [0.717, 1.165) is 26.3 Å². The summed E-state index contributed by atoms with van der Waals surface area (Å²) in [5.74, 6) is 0. The van der Waals surface area contributed by atoms with Gasteiger partial charge in [-0.25, -0.2) is 0 Å². The second kappa shape index (κ2) is 5.99. The summed E-state index contributed by atoms with van der Waals surface area (Å²) < 4.78 is 14.1. The smallest absolute Gasteiger partial charge is 0.255 e. The third-order valence-corrected chi connectivity index (χ3v) is 5.86. The van der Waals surface area contributed by atoms with Crippen LogP contribution in [0.1, 0.15) is 34.1 Å². The number of hydrogen-bond acceptors (Lipinski definition) is 3. The first-order chi connectivity index (χ1) is 7.03. The second-order valence-electron chi connectivity index (χ2n) is 5.12. The molecule has 0 spiro atoms. The van der Waals surface area contributed by atoms with E-state index in [1.807, 2.05) is 0 Å². The maximum absolute atomic E-state index is 6.23. The highest BCUT2D eigenvalue weighted by Gasteiger charge is 2.27. The van der Waals surface area contributed by atoms with E-state index in [0.29, 0.717) is 0 Å². The van der Waals surface area contributed by atoms with Gasteiger partial charge in [0.05, 0.1) is 13.2 Å². The Morgan fingerprint density at radius 2 is 1.87 bits per heavy atom. The van der Waals surface area contributed by atoms with Crippen molar-refractivity contribution in [3.8, 4) is 0 Å². The lowest BCUT2D eigenvalue weighted by atomic mass is 10.2. The van der Waals surface area contributed by atoms with Crippen LogP contribution in [0.25, 0.3) is 0 Å². The van der Waals surface area contributed by atoms with Crippen molar-refractivity contribution >= 4 is 9.20 Å². The van der Waals surface area contributed by atoms with Crippen molar-refractivity contribution < 1.29 is 9.16 Å². The van der Waals surface area contributed by atoms with Crippen LogP contribution in [0.5, 0.6) is 0 Å². The summed E-state index contributed by atoms with van der Waals surface area (Å²) in [4.78, 5) is 0. The van der Waals surface area contributed by atoms with Crippen LogP contribution in [0, 0.1) is 0 Å². The molecule has 0 aromatic rings. The van der Waals surface area contributed by atoms with E-state index >= 15 is 0 Å². The average Bonchev–Trinajstić information content (AvgIpc) is 2.17. The third-order valence-electron chi connectivity index (χ3n) is 2.48. The quantitative estimate of drug-likeness (QED) is 0.688. The molecule has 0 N–H and O–H groups in total. The lowest BCUT2D eigenvalue weighted by Gasteiger charge is -2.37. The minimum absolute atomic E-state index is 0.00433. The van der Waals surface area contributed by atoms with Crippen LogP contribution in [0.15, 0.2) is 0 Å². The number of nitrogens with zero attached hydrogens (tertiary/aromatic N) is 1. The zero-order valence-corrected chi connectivity index (χ0v) is 11.7. The Morgan fingerprint density at radius 3 is 2.33 bits per heavy atom. The first kappa shape index (κ1) is 13.2. The van der Waals surface area contributed by atoms with E-state index in [-0.39, 0.29) is 5.60 Å². The molecular formula is C11H25NO2Si. The Kier molecular flexibility index (Phi) is 5.25. The van der Waals surface area contributed by atoms with Crippen LogP contribution in [-0.2, 0) is 9.16 Å². The third kappa shape index (κ3) is 5.11. The predicted molar refractivity (Wildman–Crippen MR) is 65.5 cm³/mol. The van der Waals surface area contributed by atoms with Crippen molar-refractivity contribution in [2.75, 3.05) is 26.3 Å². The number of morpholine rings is 1. The number of hydrogen-bond donors (Lipinski definition) is 0. The Bertz CT molecular complexity index is 176. The van der Waals surface area contributed by atoms with Crippen LogP contribution in [0.3, 0.4) is 0 Å². The summed E-state index contributed by atoms with van der Waals surface area (Å²) in [6.07, 6.45) is 1.23. The van der Waals surface area contributed by atoms with Gasteiger partial charge in [0.2, 0.25) is 0 Å². The fourth-order valence-corrected chi connectivity index (χ4v) is 4.57. The summed E-state index contributed by atoms with van der Waals surface area (Å²) in [6.45, 7) is 12.6. The molecule has 1 atom stereocenters. The molecular weight excluding hydrogens is 206 g/mol. The van der Waals surface area contributed by atoms with E-state index in [2.05, 4.69) is 32.3 Å². The van der Waals surface area contributed by atoms with Gasteiger partial charge in [0.25, 0.3) is 9.20 Å². The van der Waals surface area contributed by atoms with Crippen molar-refractivity contribution in [1.29, 1.82) is 0 Å². The molecule has 1 aliphatic rings. The zero-order chi connectivity index (χ0) is 11.3. The Morgan fingerprint density at radius 1 is 1.27 bits per heavy atom. The molecule has 1 saturated heterocycles. The molecule has 1 heterocycles. The lowest BCUT2D eigenvalue weighted by Crippen LogP contribution is -2.50. The summed E-state index contributed by atoms with van der Waals surface area (Å²) in [5.41, 5.74) is 0.00433. The molecule has 0 aromatic heterocycles. The van der Waals surface area contributed by atoms with Gasteiger partial charge in [-0.3, -0.25) is 0 Å². The highest BCUT2D eigenvalue weighted by Crippen LogP contribution is 2.16. The fourth-order valence-electron chi connectivity index (χ4n) is 1.84. The Hall–Kier alpha value is 0.0969. The minimum atomic E-state index is -1.19. The van der Waals surface area contributed by atoms with E-state index in [4.69, 9.17) is 9.16 Å². The molecule has 3 nitrogen and oxygen atoms in total. The highest BCUT2D eigenvalue weighted by atomic mass is 28.3. The molecule has 1 aliphatic heterocycles. The summed E-state index contributed by atoms with van der Waals surface area (Å²) >= 11 is 0. The second-order valence-corrected chi connectivity index (χ2v) is 7.57. The molecule has 15 heavy (non-hydrogen) atoms. The van der Waals surface area contributed by atoms with E-state index in [1.54, 1.807) is 0 Å². The van der Waals surface area contributed by atoms with Gasteiger partial charge < -0.3 is 13.7 Å². The molecule has 0 aliphatic carbocycles. The molecule has 90 valence electrons. The van der Waals surface area contributed by atoms with Crippen LogP contribution < -0.4 is 0 Å². The molecule has 4 heteroatoms. The van der Waals surface area contributed by atoms with Gasteiger partial charge >= 0.3 is 0 Å². The van der Waals surface area contributed by atoms with Gasteiger partial charge in [-0.05, 0) is 26.8 Å².